The number of carbonyl (C=O) groups excluding carboxylic acids is 1. The van der Waals surface area contributed by atoms with Crippen LogP contribution < -0.4 is 4.72 Å². The molecular weight excluding hydrogens is 354 g/mol. The van der Waals surface area contributed by atoms with E-state index < -0.39 is 27.7 Å². The molecule has 7 nitrogen and oxygen atoms in total. The van der Waals surface area contributed by atoms with Crippen LogP contribution in [0.2, 0.25) is 0 Å². The Hall–Kier alpha value is -1.61. The smallest absolute Gasteiger partial charge is 0.337 e. The first-order valence-corrected chi connectivity index (χ1v) is 7.80. The normalized spacial score (nSPS) is 10.9. The number of anilines is 1. The maximum Gasteiger partial charge on any atom is 0.337 e. The van der Waals surface area contributed by atoms with E-state index in [4.69, 9.17) is 5.11 Å². The Morgan fingerprint density at radius 2 is 2.05 bits per heavy atom. The molecule has 0 amide bonds. The first kappa shape index (κ1) is 16.4. The van der Waals surface area contributed by atoms with Crippen LogP contribution >= 0.6 is 15.9 Å². The van der Waals surface area contributed by atoms with E-state index in [-0.39, 0.29) is 17.7 Å². The molecule has 0 heterocycles. The number of benzene rings is 1. The Balaban J connectivity index is 2.94. The van der Waals surface area contributed by atoms with Gasteiger partial charge in [0, 0.05) is 4.47 Å². The lowest BCUT2D eigenvalue weighted by Gasteiger charge is -2.10. The van der Waals surface area contributed by atoms with Crippen molar-refractivity contribution in [2.24, 2.45) is 0 Å². The molecule has 0 aromatic heterocycles. The van der Waals surface area contributed by atoms with Gasteiger partial charge in [0.25, 0.3) is 0 Å². The second kappa shape index (κ2) is 6.71. The van der Waals surface area contributed by atoms with Crippen molar-refractivity contribution in [1.29, 1.82) is 0 Å². The maximum atomic E-state index is 11.8. The first-order valence-electron chi connectivity index (χ1n) is 5.35. The molecule has 2 N–H and O–H groups in total. The van der Waals surface area contributed by atoms with Gasteiger partial charge in [-0.2, -0.15) is 0 Å². The van der Waals surface area contributed by atoms with Crippen molar-refractivity contribution in [3.8, 4) is 0 Å². The van der Waals surface area contributed by atoms with Gasteiger partial charge in [0.1, 0.15) is 0 Å². The summed E-state index contributed by atoms with van der Waals surface area (Å²) in [4.78, 5) is 21.9. The lowest BCUT2D eigenvalue weighted by Crippen LogP contribution is -2.20. The van der Waals surface area contributed by atoms with Gasteiger partial charge in [-0.3, -0.25) is 9.52 Å². The van der Waals surface area contributed by atoms with Crippen LogP contribution in [-0.4, -0.2) is 38.3 Å². The summed E-state index contributed by atoms with van der Waals surface area (Å²) in [7, 11) is -2.70. The zero-order valence-electron chi connectivity index (χ0n) is 10.4. The Bertz CT molecular complexity index is 628. The van der Waals surface area contributed by atoms with Crippen LogP contribution in [0.15, 0.2) is 22.7 Å². The van der Waals surface area contributed by atoms with Gasteiger partial charge < -0.3 is 9.84 Å². The summed E-state index contributed by atoms with van der Waals surface area (Å²) in [5.41, 5.74) is -0.258. The van der Waals surface area contributed by atoms with Gasteiger partial charge in [-0.05, 0) is 18.2 Å². The summed E-state index contributed by atoms with van der Waals surface area (Å²) >= 11 is 3.12. The van der Waals surface area contributed by atoms with Gasteiger partial charge in [-0.1, -0.05) is 15.9 Å². The number of esters is 1. The minimum atomic E-state index is -3.85. The SMILES string of the molecule is COC(=O)CCS(=O)(=O)Nc1cc(Br)ccc1C(=O)O. The molecule has 0 spiro atoms. The van der Waals surface area contributed by atoms with E-state index in [0.29, 0.717) is 4.47 Å². The predicted molar refractivity (Wildman–Crippen MR) is 75.1 cm³/mol. The van der Waals surface area contributed by atoms with Crippen molar-refractivity contribution >= 4 is 43.6 Å². The minimum Gasteiger partial charge on any atom is -0.478 e. The number of hydrogen-bond donors (Lipinski definition) is 2. The summed E-state index contributed by atoms with van der Waals surface area (Å²) in [6.45, 7) is 0. The van der Waals surface area contributed by atoms with E-state index in [1.54, 1.807) is 0 Å². The molecule has 0 bridgehead atoms. The zero-order valence-corrected chi connectivity index (χ0v) is 12.8. The predicted octanol–water partition coefficient (Wildman–Crippen LogP) is 1.45. The number of carboxylic acid groups (broad SMARTS) is 1. The van der Waals surface area contributed by atoms with E-state index in [1.807, 2.05) is 0 Å². The highest BCUT2D eigenvalue weighted by Gasteiger charge is 2.18. The van der Waals surface area contributed by atoms with Gasteiger partial charge in [-0.15, -0.1) is 0 Å². The topological polar surface area (TPSA) is 110 Å². The van der Waals surface area contributed by atoms with Crippen LogP contribution in [0, 0.1) is 0 Å². The van der Waals surface area contributed by atoms with Crippen LogP contribution in [0.1, 0.15) is 16.8 Å². The fourth-order valence-electron chi connectivity index (χ4n) is 1.33. The van der Waals surface area contributed by atoms with E-state index in [1.165, 1.54) is 18.2 Å². The van der Waals surface area contributed by atoms with Crippen LogP contribution in [0.5, 0.6) is 0 Å². The first-order chi connectivity index (χ1) is 9.25. The van der Waals surface area contributed by atoms with Crippen LogP contribution in [-0.2, 0) is 19.6 Å². The number of aromatic carboxylic acids is 1. The quantitative estimate of drug-likeness (QED) is 0.738. The van der Waals surface area contributed by atoms with E-state index in [9.17, 15) is 18.0 Å². The summed E-state index contributed by atoms with van der Waals surface area (Å²) in [5.74, 6) is -2.42. The highest BCUT2D eigenvalue weighted by molar-refractivity contribution is 9.10. The molecule has 0 unspecified atom stereocenters. The largest absolute Gasteiger partial charge is 0.478 e. The monoisotopic (exact) mass is 365 g/mol. The number of hydrogen-bond acceptors (Lipinski definition) is 5. The molecule has 0 aliphatic carbocycles. The van der Waals surface area contributed by atoms with Crippen molar-refractivity contribution in [1.82, 2.24) is 0 Å². The summed E-state index contributed by atoms with van der Waals surface area (Å²) in [5, 5.41) is 8.99. The van der Waals surface area contributed by atoms with E-state index in [2.05, 4.69) is 25.4 Å². The van der Waals surface area contributed by atoms with E-state index in [0.717, 1.165) is 7.11 Å². The third-order valence-electron chi connectivity index (χ3n) is 2.28. The minimum absolute atomic E-state index is 0.0725. The van der Waals surface area contributed by atoms with Crippen molar-refractivity contribution in [3.05, 3.63) is 28.2 Å². The Labute approximate surface area is 124 Å². The number of rotatable bonds is 6. The van der Waals surface area contributed by atoms with Gasteiger partial charge >= 0.3 is 11.9 Å². The number of halogens is 1. The highest BCUT2D eigenvalue weighted by Crippen LogP contribution is 2.22. The van der Waals surface area contributed by atoms with Gasteiger partial charge in [-0.25, -0.2) is 13.2 Å². The van der Waals surface area contributed by atoms with Crippen molar-refractivity contribution < 1.29 is 27.9 Å². The molecule has 20 heavy (non-hydrogen) atoms. The number of ether oxygens (including phenoxy) is 1. The molecule has 0 aliphatic rings. The molecule has 1 rings (SSSR count). The number of nitrogens with one attached hydrogen (secondary N) is 1. The Kier molecular flexibility index (Phi) is 5.52. The molecule has 9 heteroatoms. The average Bonchev–Trinajstić information content (AvgIpc) is 2.35. The Morgan fingerprint density at radius 3 is 2.60 bits per heavy atom. The van der Waals surface area contributed by atoms with Crippen molar-refractivity contribution in [2.45, 2.75) is 6.42 Å². The van der Waals surface area contributed by atoms with Crippen molar-refractivity contribution in [2.75, 3.05) is 17.6 Å². The molecule has 0 atom stereocenters. The lowest BCUT2D eigenvalue weighted by atomic mass is 10.2. The molecule has 1 aromatic rings. The zero-order chi connectivity index (χ0) is 15.3. The summed E-state index contributed by atoms with van der Waals surface area (Å²) in [6.07, 6.45) is -0.317. The highest BCUT2D eigenvalue weighted by atomic mass is 79.9. The van der Waals surface area contributed by atoms with E-state index >= 15 is 0 Å². The van der Waals surface area contributed by atoms with Crippen LogP contribution in [0.25, 0.3) is 0 Å². The van der Waals surface area contributed by atoms with Gasteiger partial charge in [0.2, 0.25) is 10.0 Å². The number of sulfonamides is 1. The van der Waals surface area contributed by atoms with Crippen molar-refractivity contribution in [3.63, 3.8) is 0 Å². The molecular formula is C11H12BrNO6S. The van der Waals surface area contributed by atoms with Gasteiger partial charge in [0.15, 0.2) is 0 Å². The molecule has 0 radical (unpaired) electrons. The third kappa shape index (κ3) is 4.82. The van der Waals surface area contributed by atoms with Gasteiger partial charge in [0.05, 0.1) is 30.5 Å². The summed E-state index contributed by atoms with van der Waals surface area (Å²) < 4.78 is 30.6. The fourth-order valence-corrected chi connectivity index (χ4v) is 2.73. The standard InChI is InChI=1S/C11H12BrNO6S/c1-19-10(14)4-5-20(17,18)13-9-6-7(12)2-3-8(9)11(15)16/h2-3,6,13H,4-5H2,1H3,(H,15,16). The fraction of sp³-hybridized carbons (Fsp3) is 0.273. The second-order valence-corrected chi connectivity index (χ2v) is 6.50. The lowest BCUT2D eigenvalue weighted by molar-refractivity contribution is -0.140. The Morgan fingerprint density at radius 1 is 1.40 bits per heavy atom. The molecule has 0 saturated carbocycles. The molecule has 1 aromatic carbocycles. The number of carbonyl (C=O) groups is 2. The average molecular weight is 366 g/mol. The second-order valence-electron chi connectivity index (χ2n) is 3.74. The number of carboxylic acids is 1. The third-order valence-corrected chi connectivity index (χ3v) is 4.05. The molecule has 0 fully saturated rings. The molecule has 110 valence electrons. The molecule has 0 aliphatic heterocycles. The van der Waals surface area contributed by atoms with Crippen LogP contribution in [0.4, 0.5) is 5.69 Å². The maximum absolute atomic E-state index is 11.8. The van der Waals surface area contributed by atoms with Crippen LogP contribution in [0.3, 0.4) is 0 Å². The summed E-state index contributed by atoms with van der Waals surface area (Å²) in [6, 6.07) is 4.08. The number of methoxy groups -OCH3 is 1. The molecule has 0 saturated heterocycles.